The number of nitrogens with two attached hydrogens (primary N) is 2. The van der Waals surface area contributed by atoms with E-state index in [1.807, 2.05) is 31.2 Å². The third-order valence-electron chi connectivity index (χ3n) is 2.27. The first kappa shape index (κ1) is 10.2. The summed E-state index contributed by atoms with van der Waals surface area (Å²) >= 11 is 0. The molecule has 1 aromatic carbocycles. The van der Waals surface area contributed by atoms with Gasteiger partial charge in [0.05, 0.1) is 5.69 Å². The van der Waals surface area contributed by atoms with Crippen molar-refractivity contribution in [2.45, 2.75) is 6.92 Å². The number of hydrogen-bond donors (Lipinski definition) is 2. The molecule has 16 heavy (non-hydrogen) atoms. The third kappa shape index (κ3) is 1.75. The number of aryl methyl sites for hydroxylation is 1. The zero-order valence-corrected chi connectivity index (χ0v) is 8.84. The van der Waals surface area contributed by atoms with E-state index in [1.54, 1.807) is 4.68 Å². The number of amides is 1. The largest absolute Gasteiger partial charge is 0.382 e. The smallest absolute Gasteiger partial charge is 0.254 e. The van der Waals surface area contributed by atoms with Crippen LogP contribution >= 0.6 is 0 Å². The van der Waals surface area contributed by atoms with Gasteiger partial charge in [-0.3, -0.25) is 4.79 Å². The topological polar surface area (TPSA) is 86.9 Å². The molecule has 82 valence electrons. The van der Waals surface area contributed by atoms with Crippen molar-refractivity contribution in [3.63, 3.8) is 0 Å². The van der Waals surface area contributed by atoms with Crippen LogP contribution in [0, 0.1) is 6.92 Å². The van der Waals surface area contributed by atoms with Gasteiger partial charge < -0.3 is 11.5 Å². The van der Waals surface area contributed by atoms with Crippen LogP contribution in [-0.2, 0) is 0 Å². The average Bonchev–Trinajstić information content (AvgIpc) is 2.60. The van der Waals surface area contributed by atoms with Crippen LogP contribution in [0.2, 0.25) is 0 Å². The van der Waals surface area contributed by atoms with E-state index in [0.29, 0.717) is 0 Å². The molecule has 5 heteroatoms. The van der Waals surface area contributed by atoms with E-state index in [9.17, 15) is 4.79 Å². The highest BCUT2D eigenvalue weighted by molar-refractivity contribution is 5.96. The fourth-order valence-electron chi connectivity index (χ4n) is 1.48. The zero-order chi connectivity index (χ0) is 11.7. The van der Waals surface area contributed by atoms with Gasteiger partial charge in [-0.2, -0.15) is 0 Å². The van der Waals surface area contributed by atoms with E-state index in [0.717, 1.165) is 11.3 Å². The van der Waals surface area contributed by atoms with E-state index in [2.05, 4.69) is 5.10 Å². The minimum absolute atomic E-state index is 0.147. The first-order valence-corrected chi connectivity index (χ1v) is 4.80. The van der Waals surface area contributed by atoms with Crippen molar-refractivity contribution in [1.29, 1.82) is 0 Å². The second kappa shape index (κ2) is 3.69. The van der Waals surface area contributed by atoms with Gasteiger partial charge in [0.1, 0.15) is 5.56 Å². The van der Waals surface area contributed by atoms with E-state index >= 15 is 0 Å². The fourth-order valence-corrected chi connectivity index (χ4v) is 1.48. The Kier molecular flexibility index (Phi) is 2.36. The van der Waals surface area contributed by atoms with Crippen LogP contribution in [0.3, 0.4) is 0 Å². The number of nitrogens with zero attached hydrogens (tertiary/aromatic N) is 2. The Morgan fingerprint density at radius 2 is 2.19 bits per heavy atom. The highest BCUT2D eigenvalue weighted by atomic mass is 16.1. The van der Waals surface area contributed by atoms with Gasteiger partial charge in [0.15, 0.2) is 5.82 Å². The van der Waals surface area contributed by atoms with Gasteiger partial charge in [0, 0.05) is 6.20 Å². The summed E-state index contributed by atoms with van der Waals surface area (Å²) in [5, 5.41) is 4.04. The number of aromatic nitrogens is 2. The maximum Gasteiger partial charge on any atom is 0.254 e. The summed E-state index contributed by atoms with van der Waals surface area (Å²) in [6.07, 6.45) is 1.53. The lowest BCUT2D eigenvalue weighted by Gasteiger charge is -2.01. The van der Waals surface area contributed by atoms with Crippen molar-refractivity contribution >= 4 is 11.7 Å². The molecular formula is C11H12N4O. The second-order valence-electron chi connectivity index (χ2n) is 3.58. The number of benzene rings is 1. The standard InChI is InChI=1S/C11H12N4O/c1-7-3-2-4-8(5-7)15-6-9(11(13)16)10(12)14-15/h2-6H,1H3,(H2,12,14)(H2,13,16). The Labute approximate surface area is 92.7 Å². The molecule has 1 heterocycles. The molecule has 0 atom stereocenters. The number of hydrogen-bond acceptors (Lipinski definition) is 3. The number of anilines is 1. The predicted molar refractivity (Wildman–Crippen MR) is 61.2 cm³/mol. The van der Waals surface area contributed by atoms with Gasteiger partial charge in [-0.25, -0.2) is 4.68 Å². The maximum atomic E-state index is 11.0. The normalized spacial score (nSPS) is 10.3. The van der Waals surface area contributed by atoms with Crippen molar-refractivity contribution in [1.82, 2.24) is 9.78 Å². The zero-order valence-electron chi connectivity index (χ0n) is 8.84. The van der Waals surface area contributed by atoms with Gasteiger partial charge in [0.25, 0.3) is 5.91 Å². The number of nitrogen functional groups attached to an aromatic ring is 1. The monoisotopic (exact) mass is 216 g/mol. The summed E-state index contributed by atoms with van der Waals surface area (Å²) in [7, 11) is 0. The molecule has 0 fully saturated rings. The van der Waals surface area contributed by atoms with E-state index in [-0.39, 0.29) is 11.4 Å². The Balaban J connectivity index is 2.49. The minimum Gasteiger partial charge on any atom is -0.382 e. The van der Waals surface area contributed by atoms with Crippen LogP contribution in [0.1, 0.15) is 15.9 Å². The van der Waals surface area contributed by atoms with Gasteiger partial charge >= 0.3 is 0 Å². The summed E-state index contributed by atoms with van der Waals surface area (Å²) in [6, 6.07) is 7.71. The molecule has 1 amide bonds. The lowest BCUT2D eigenvalue weighted by atomic mass is 10.2. The van der Waals surface area contributed by atoms with Crippen LogP contribution in [0.5, 0.6) is 0 Å². The average molecular weight is 216 g/mol. The van der Waals surface area contributed by atoms with E-state index in [1.165, 1.54) is 6.20 Å². The summed E-state index contributed by atoms with van der Waals surface area (Å²) in [4.78, 5) is 11.0. The summed E-state index contributed by atoms with van der Waals surface area (Å²) in [6.45, 7) is 1.98. The summed E-state index contributed by atoms with van der Waals surface area (Å²) in [5.74, 6) is -0.426. The quantitative estimate of drug-likeness (QED) is 0.780. The Morgan fingerprint density at radius 3 is 2.75 bits per heavy atom. The van der Waals surface area contributed by atoms with Crippen LogP contribution in [0.4, 0.5) is 5.82 Å². The van der Waals surface area contributed by atoms with Crippen molar-refractivity contribution in [3.8, 4) is 5.69 Å². The molecule has 0 aliphatic rings. The van der Waals surface area contributed by atoms with Crippen molar-refractivity contribution in [3.05, 3.63) is 41.6 Å². The molecule has 2 aromatic rings. The highest BCUT2D eigenvalue weighted by Gasteiger charge is 2.11. The van der Waals surface area contributed by atoms with Crippen LogP contribution in [-0.4, -0.2) is 15.7 Å². The Hall–Kier alpha value is -2.30. The fraction of sp³-hybridized carbons (Fsp3) is 0.0909. The maximum absolute atomic E-state index is 11.0. The number of carbonyl (C=O) groups excluding carboxylic acids is 1. The van der Waals surface area contributed by atoms with Crippen LogP contribution in [0.25, 0.3) is 5.69 Å². The number of primary amides is 1. The first-order chi connectivity index (χ1) is 7.58. The van der Waals surface area contributed by atoms with Gasteiger partial charge in [0.2, 0.25) is 0 Å². The molecular weight excluding hydrogens is 204 g/mol. The lowest BCUT2D eigenvalue weighted by Crippen LogP contribution is -2.11. The van der Waals surface area contributed by atoms with Gasteiger partial charge in [-0.15, -0.1) is 5.10 Å². The minimum atomic E-state index is -0.573. The molecule has 0 radical (unpaired) electrons. The van der Waals surface area contributed by atoms with Crippen molar-refractivity contribution < 1.29 is 4.79 Å². The SMILES string of the molecule is Cc1cccc(-n2cc(C(N)=O)c(N)n2)c1. The Bertz CT molecular complexity index is 545. The molecule has 0 aliphatic carbocycles. The number of rotatable bonds is 2. The van der Waals surface area contributed by atoms with Crippen molar-refractivity contribution in [2.24, 2.45) is 5.73 Å². The summed E-state index contributed by atoms with van der Waals surface area (Å²) in [5.41, 5.74) is 12.9. The Morgan fingerprint density at radius 1 is 1.44 bits per heavy atom. The molecule has 4 N–H and O–H groups in total. The molecule has 2 rings (SSSR count). The predicted octanol–water partition coefficient (Wildman–Crippen LogP) is 0.862. The molecule has 0 unspecified atom stereocenters. The molecule has 0 bridgehead atoms. The highest BCUT2D eigenvalue weighted by Crippen LogP contribution is 2.14. The molecule has 0 saturated heterocycles. The lowest BCUT2D eigenvalue weighted by molar-refractivity contribution is 0.100. The van der Waals surface area contributed by atoms with E-state index in [4.69, 9.17) is 11.5 Å². The number of carbonyl (C=O) groups is 1. The molecule has 1 aromatic heterocycles. The van der Waals surface area contributed by atoms with E-state index < -0.39 is 5.91 Å². The van der Waals surface area contributed by atoms with Gasteiger partial charge in [-0.1, -0.05) is 12.1 Å². The van der Waals surface area contributed by atoms with Crippen LogP contribution < -0.4 is 11.5 Å². The molecule has 0 aliphatic heterocycles. The third-order valence-corrected chi connectivity index (χ3v) is 2.27. The molecule has 0 saturated carbocycles. The van der Waals surface area contributed by atoms with Gasteiger partial charge in [-0.05, 0) is 24.6 Å². The van der Waals surface area contributed by atoms with Crippen LogP contribution in [0.15, 0.2) is 30.5 Å². The summed E-state index contributed by atoms with van der Waals surface area (Å²) < 4.78 is 1.54. The van der Waals surface area contributed by atoms with Crippen molar-refractivity contribution in [2.75, 3.05) is 5.73 Å². The first-order valence-electron chi connectivity index (χ1n) is 4.80. The molecule has 0 spiro atoms. The second-order valence-corrected chi connectivity index (χ2v) is 3.58. The molecule has 5 nitrogen and oxygen atoms in total.